The summed E-state index contributed by atoms with van der Waals surface area (Å²) in [6, 6.07) is 7.41. The Hall–Kier alpha value is -2.41. The molecule has 0 bridgehead atoms. The third-order valence-electron chi connectivity index (χ3n) is 2.90. The van der Waals surface area contributed by atoms with Gasteiger partial charge in [-0.25, -0.2) is 0 Å². The van der Waals surface area contributed by atoms with Crippen LogP contribution in [0.4, 0.5) is 18.9 Å². The zero-order valence-corrected chi connectivity index (χ0v) is 12.6. The van der Waals surface area contributed by atoms with Crippen molar-refractivity contribution < 1.29 is 23.0 Å². The molecule has 0 fully saturated rings. The van der Waals surface area contributed by atoms with E-state index in [1.807, 2.05) is 0 Å². The second-order valence-electron chi connectivity index (χ2n) is 4.49. The number of hydrogen-bond donors (Lipinski definition) is 2. The van der Waals surface area contributed by atoms with Gasteiger partial charge in [0.1, 0.15) is 0 Å². The third-order valence-corrected chi connectivity index (χ3v) is 3.23. The maximum absolute atomic E-state index is 12.7. The van der Waals surface area contributed by atoms with Gasteiger partial charge in [-0.3, -0.25) is 5.43 Å². The topological polar surface area (TPSA) is 53.8 Å². The van der Waals surface area contributed by atoms with Gasteiger partial charge in [0.2, 0.25) is 0 Å². The maximum Gasteiger partial charge on any atom is 0.416 e. The molecule has 0 unspecified atom stereocenters. The molecule has 2 N–H and O–H groups in total. The highest BCUT2D eigenvalue weighted by Crippen LogP contribution is 2.33. The van der Waals surface area contributed by atoms with Gasteiger partial charge in [-0.15, -0.1) is 0 Å². The second-order valence-corrected chi connectivity index (χ2v) is 4.90. The highest BCUT2D eigenvalue weighted by atomic mass is 35.5. The Balaban J connectivity index is 2.17. The van der Waals surface area contributed by atoms with Crippen LogP contribution in [-0.4, -0.2) is 18.4 Å². The number of hydrazone groups is 1. The summed E-state index contributed by atoms with van der Waals surface area (Å²) in [5.41, 5.74) is 2.24. The zero-order valence-electron chi connectivity index (χ0n) is 11.9. The highest BCUT2D eigenvalue weighted by molar-refractivity contribution is 6.33. The van der Waals surface area contributed by atoms with Crippen LogP contribution < -0.4 is 10.2 Å². The molecule has 122 valence electrons. The second kappa shape index (κ2) is 6.78. The zero-order chi connectivity index (χ0) is 17.0. The minimum Gasteiger partial charge on any atom is -0.504 e. The molecule has 0 aliphatic heterocycles. The lowest BCUT2D eigenvalue weighted by Gasteiger charge is -2.09. The fraction of sp³-hybridized carbons (Fsp3) is 0.133. The molecule has 0 aliphatic rings. The van der Waals surface area contributed by atoms with E-state index in [2.05, 4.69) is 10.5 Å². The molecule has 23 heavy (non-hydrogen) atoms. The number of rotatable bonds is 4. The molecular formula is C15H12ClF3N2O2. The van der Waals surface area contributed by atoms with Gasteiger partial charge in [-0.1, -0.05) is 11.6 Å². The predicted molar refractivity (Wildman–Crippen MR) is 82.3 cm³/mol. The van der Waals surface area contributed by atoms with E-state index < -0.39 is 11.7 Å². The fourth-order valence-corrected chi connectivity index (χ4v) is 1.90. The molecule has 0 spiro atoms. The van der Waals surface area contributed by atoms with Gasteiger partial charge in [0, 0.05) is 0 Å². The van der Waals surface area contributed by atoms with Crippen LogP contribution in [0, 0.1) is 0 Å². The van der Waals surface area contributed by atoms with E-state index in [0.29, 0.717) is 5.56 Å². The predicted octanol–water partition coefficient (Wildman–Crippen LogP) is 4.52. The number of nitrogens with zero attached hydrogens (tertiary/aromatic N) is 1. The number of nitrogens with one attached hydrogen (secondary N) is 1. The molecule has 8 heteroatoms. The minimum absolute atomic E-state index is 0.0291. The Labute approximate surface area is 135 Å². The Kier molecular flexibility index (Phi) is 5.00. The molecule has 0 amide bonds. The quantitative estimate of drug-likeness (QED) is 0.633. The van der Waals surface area contributed by atoms with Crippen LogP contribution in [0.3, 0.4) is 0 Å². The van der Waals surface area contributed by atoms with Crippen molar-refractivity contribution in [1.29, 1.82) is 0 Å². The number of anilines is 1. The van der Waals surface area contributed by atoms with Crippen LogP contribution >= 0.6 is 11.6 Å². The summed E-state index contributed by atoms with van der Waals surface area (Å²) in [4.78, 5) is 0. The largest absolute Gasteiger partial charge is 0.504 e. The Morgan fingerprint density at radius 2 is 1.96 bits per heavy atom. The van der Waals surface area contributed by atoms with Crippen molar-refractivity contribution in [3.05, 3.63) is 52.5 Å². The van der Waals surface area contributed by atoms with Crippen molar-refractivity contribution in [1.82, 2.24) is 0 Å². The summed E-state index contributed by atoms with van der Waals surface area (Å²) in [5, 5.41) is 13.4. The number of methoxy groups -OCH3 is 1. The van der Waals surface area contributed by atoms with Crippen LogP contribution in [0.5, 0.6) is 11.5 Å². The number of hydrogen-bond acceptors (Lipinski definition) is 4. The van der Waals surface area contributed by atoms with Crippen LogP contribution in [0.25, 0.3) is 0 Å². The summed E-state index contributed by atoms with van der Waals surface area (Å²) < 4.78 is 42.9. The first-order valence-electron chi connectivity index (χ1n) is 6.34. The van der Waals surface area contributed by atoms with Crippen LogP contribution in [0.2, 0.25) is 5.02 Å². The SMILES string of the molecule is COc1cc(C=NNc2cc(C(F)(F)F)ccc2Cl)ccc1O. The molecule has 0 radical (unpaired) electrons. The average Bonchev–Trinajstić information content (AvgIpc) is 2.49. The Bertz CT molecular complexity index is 733. The van der Waals surface area contributed by atoms with Crippen molar-refractivity contribution in [2.45, 2.75) is 6.18 Å². The van der Waals surface area contributed by atoms with E-state index in [1.165, 1.54) is 25.5 Å². The first-order valence-corrected chi connectivity index (χ1v) is 6.72. The van der Waals surface area contributed by atoms with Crippen molar-refractivity contribution in [3.63, 3.8) is 0 Å². The first kappa shape index (κ1) is 17.0. The highest BCUT2D eigenvalue weighted by Gasteiger charge is 2.30. The Morgan fingerprint density at radius 3 is 2.61 bits per heavy atom. The summed E-state index contributed by atoms with van der Waals surface area (Å²) >= 11 is 5.84. The number of benzene rings is 2. The average molecular weight is 345 g/mol. The van der Waals surface area contributed by atoms with Gasteiger partial charge in [-0.05, 0) is 42.0 Å². The molecule has 2 aromatic carbocycles. The molecule has 2 aromatic rings. The minimum atomic E-state index is -4.46. The lowest BCUT2D eigenvalue weighted by atomic mass is 10.2. The number of phenolic OH excluding ortho intramolecular Hbond substituents is 1. The third kappa shape index (κ3) is 4.29. The lowest BCUT2D eigenvalue weighted by Crippen LogP contribution is -2.05. The Morgan fingerprint density at radius 1 is 1.22 bits per heavy atom. The molecule has 0 atom stereocenters. The van der Waals surface area contributed by atoms with Gasteiger partial charge >= 0.3 is 6.18 Å². The first-order chi connectivity index (χ1) is 10.8. The molecule has 0 heterocycles. The standard InChI is InChI=1S/C15H12ClF3N2O2/c1-23-14-6-9(2-5-13(14)22)8-20-21-12-7-10(15(17,18)19)3-4-11(12)16/h2-8,21-22H,1H3. The van der Waals surface area contributed by atoms with Gasteiger partial charge < -0.3 is 9.84 Å². The monoisotopic (exact) mass is 344 g/mol. The van der Waals surface area contributed by atoms with Gasteiger partial charge in [0.25, 0.3) is 0 Å². The number of aromatic hydroxyl groups is 1. The van der Waals surface area contributed by atoms with Gasteiger partial charge in [-0.2, -0.15) is 18.3 Å². The number of alkyl halides is 3. The van der Waals surface area contributed by atoms with Crippen molar-refractivity contribution in [2.24, 2.45) is 5.10 Å². The van der Waals surface area contributed by atoms with E-state index in [9.17, 15) is 18.3 Å². The molecule has 0 aliphatic carbocycles. The number of phenols is 1. The van der Waals surface area contributed by atoms with E-state index in [4.69, 9.17) is 16.3 Å². The van der Waals surface area contributed by atoms with Gasteiger partial charge in [0.05, 0.1) is 29.6 Å². The molecule has 4 nitrogen and oxygen atoms in total. The molecular weight excluding hydrogens is 333 g/mol. The van der Waals surface area contributed by atoms with Crippen LogP contribution in [0.1, 0.15) is 11.1 Å². The van der Waals surface area contributed by atoms with Crippen LogP contribution in [-0.2, 0) is 6.18 Å². The fourth-order valence-electron chi connectivity index (χ4n) is 1.74. The summed E-state index contributed by atoms with van der Waals surface area (Å²) in [6.45, 7) is 0. The smallest absolute Gasteiger partial charge is 0.416 e. The molecule has 0 saturated heterocycles. The summed E-state index contributed by atoms with van der Waals surface area (Å²) in [6.07, 6.45) is -3.10. The van der Waals surface area contributed by atoms with Crippen LogP contribution in [0.15, 0.2) is 41.5 Å². The van der Waals surface area contributed by atoms with E-state index in [-0.39, 0.29) is 22.2 Å². The maximum atomic E-state index is 12.7. The molecule has 2 rings (SSSR count). The van der Waals surface area contributed by atoms with Crippen molar-refractivity contribution in [2.75, 3.05) is 12.5 Å². The lowest BCUT2D eigenvalue weighted by molar-refractivity contribution is -0.137. The summed E-state index contributed by atoms with van der Waals surface area (Å²) in [5.74, 6) is 0.226. The van der Waals surface area contributed by atoms with Gasteiger partial charge in [0.15, 0.2) is 11.5 Å². The van der Waals surface area contributed by atoms with E-state index in [0.717, 1.165) is 18.2 Å². The normalized spacial score (nSPS) is 11.7. The molecule has 0 aromatic heterocycles. The summed E-state index contributed by atoms with van der Waals surface area (Å²) in [7, 11) is 1.40. The van der Waals surface area contributed by atoms with E-state index in [1.54, 1.807) is 6.07 Å². The molecule has 0 saturated carbocycles. The van der Waals surface area contributed by atoms with Crippen molar-refractivity contribution >= 4 is 23.5 Å². The number of halogens is 4. The van der Waals surface area contributed by atoms with Crippen molar-refractivity contribution in [3.8, 4) is 11.5 Å². The number of ether oxygens (including phenoxy) is 1. The van der Waals surface area contributed by atoms with E-state index >= 15 is 0 Å².